The number of rotatable bonds is 2. The smallest absolute Gasteiger partial charge is 0.220 e. The van der Waals surface area contributed by atoms with Gasteiger partial charge in [-0.15, -0.1) is 0 Å². The van der Waals surface area contributed by atoms with Crippen LogP contribution in [0.2, 0.25) is 0 Å². The van der Waals surface area contributed by atoms with Crippen LogP contribution in [-0.2, 0) is 4.79 Å². The molecule has 0 aromatic carbocycles. The van der Waals surface area contributed by atoms with E-state index in [4.69, 9.17) is 5.73 Å². The highest BCUT2D eigenvalue weighted by Gasteiger charge is 2.19. The van der Waals surface area contributed by atoms with Crippen LogP contribution >= 0.6 is 0 Å². The predicted molar refractivity (Wildman–Crippen MR) is 46.7 cm³/mol. The topological polar surface area (TPSA) is 79.5 Å². The standard InChI is InChI=1S/C7H14N4O/c1-9-7(8)10-4-5-2-3-6(12)11-5/h5H,2-4H2,1H3,(H,11,12)(H3,8,9,10). The van der Waals surface area contributed by atoms with Crippen LogP contribution in [0.5, 0.6) is 0 Å². The molecular formula is C7H14N4O. The first-order valence-electron chi connectivity index (χ1n) is 3.98. The van der Waals surface area contributed by atoms with Gasteiger partial charge in [-0.05, 0) is 6.42 Å². The van der Waals surface area contributed by atoms with Gasteiger partial charge in [0.1, 0.15) is 0 Å². The Bertz CT molecular complexity index is 202. The molecule has 1 rings (SSSR count). The van der Waals surface area contributed by atoms with Crippen LogP contribution in [-0.4, -0.2) is 31.5 Å². The molecular weight excluding hydrogens is 156 g/mol. The third-order valence-electron chi connectivity index (χ3n) is 1.86. The van der Waals surface area contributed by atoms with Gasteiger partial charge in [-0.3, -0.25) is 9.79 Å². The van der Waals surface area contributed by atoms with Gasteiger partial charge in [0.05, 0.1) is 0 Å². The molecule has 0 spiro atoms. The van der Waals surface area contributed by atoms with Crippen molar-refractivity contribution in [1.29, 1.82) is 0 Å². The first-order chi connectivity index (χ1) is 5.72. The van der Waals surface area contributed by atoms with Gasteiger partial charge in [-0.1, -0.05) is 0 Å². The van der Waals surface area contributed by atoms with E-state index < -0.39 is 0 Å². The Morgan fingerprint density at radius 2 is 2.67 bits per heavy atom. The van der Waals surface area contributed by atoms with E-state index in [2.05, 4.69) is 15.6 Å². The number of nitrogens with zero attached hydrogens (tertiary/aromatic N) is 1. The second kappa shape index (κ2) is 3.94. The van der Waals surface area contributed by atoms with Crippen LogP contribution in [0.15, 0.2) is 4.99 Å². The van der Waals surface area contributed by atoms with Crippen LogP contribution in [0.1, 0.15) is 12.8 Å². The zero-order valence-electron chi connectivity index (χ0n) is 7.13. The van der Waals surface area contributed by atoms with Crippen molar-refractivity contribution in [3.63, 3.8) is 0 Å². The van der Waals surface area contributed by atoms with E-state index in [0.29, 0.717) is 18.9 Å². The van der Waals surface area contributed by atoms with Crippen molar-refractivity contribution in [3.05, 3.63) is 0 Å². The monoisotopic (exact) mass is 170 g/mol. The van der Waals surface area contributed by atoms with E-state index in [1.807, 2.05) is 0 Å². The third-order valence-corrected chi connectivity index (χ3v) is 1.86. The normalized spacial score (nSPS) is 23.9. The molecule has 1 unspecified atom stereocenters. The minimum absolute atomic E-state index is 0.119. The molecule has 5 nitrogen and oxygen atoms in total. The van der Waals surface area contributed by atoms with Crippen molar-refractivity contribution in [2.45, 2.75) is 18.9 Å². The molecule has 68 valence electrons. The van der Waals surface area contributed by atoms with E-state index in [1.54, 1.807) is 7.05 Å². The van der Waals surface area contributed by atoms with E-state index in [9.17, 15) is 4.79 Å². The largest absolute Gasteiger partial charge is 0.370 e. The lowest BCUT2D eigenvalue weighted by atomic mass is 10.2. The molecule has 1 aliphatic rings. The predicted octanol–water partition coefficient (Wildman–Crippen LogP) is -1.20. The number of amides is 1. The minimum atomic E-state index is 0.119. The molecule has 0 bridgehead atoms. The highest BCUT2D eigenvalue weighted by atomic mass is 16.1. The number of guanidine groups is 1. The Morgan fingerprint density at radius 3 is 3.17 bits per heavy atom. The van der Waals surface area contributed by atoms with Crippen molar-refractivity contribution in [1.82, 2.24) is 10.6 Å². The molecule has 1 atom stereocenters. The van der Waals surface area contributed by atoms with Gasteiger partial charge in [0.15, 0.2) is 5.96 Å². The van der Waals surface area contributed by atoms with E-state index in [-0.39, 0.29) is 11.9 Å². The molecule has 1 fully saturated rings. The molecule has 0 radical (unpaired) electrons. The van der Waals surface area contributed by atoms with Gasteiger partial charge < -0.3 is 16.4 Å². The molecule has 12 heavy (non-hydrogen) atoms. The molecule has 1 saturated heterocycles. The summed E-state index contributed by atoms with van der Waals surface area (Å²) in [6, 6.07) is 0.206. The maximum Gasteiger partial charge on any atom is 0.220 e. The number of hydrogen-bond acceptors (Lipinski definition) is 2. The number of carbonyl (C=O) groups is 1. The Labute approximate surface area is 71.4 Å². The zero-order valence-corrected chi connectivity index (χ0v) is 7.13. The van der Waals surface area contributed by atoms with E-state index in [1.165, 1.54) is 0 Å². The number of nitrogens with one attached hydrogen (secondary N) is 2. The summed E-state index contributed by atoms with van der Waals surface area (Å²) >= 11 is 0. The van der Waals surface area contributed by atoms with Crippen molar-refractivity contribution in [2.75, 3.05) is 13.6 Å². The Balaban J connectivity index is 2.20. The second-order valence-electron chi connectivity index (χ2n) is 2.79. The van der Waals surface area contributed by atoms with Crippen molar-refractivity contribution in [2.24, 2.45) is 10.7 Å². The van der Waals surface area contributed by atoms with Gasteiger partial charge >= 0.3 is 0 Å². The van der Waals surface area contributed by atoms with Gasteiger partial charge in [0.2, 0.25) is 5.91 Å². The summed E-state index contributed by atoms with van der Waals surface area (Å²) in [5.74, 6) is 0.532. The Morgan fingerprint density at radius 1 is 1.92 bits per heavy atom. The summed E-state index contributed by atoms with van der Waals surface area (Å²) in [4.78, 5) is 14.5. The summed E-state index contributed by atoms with van der Waals surface area (Å²) in [5, 5.41) is 5.73. The first-order valence-corrected chi connectivity index (χ1v) is 3.98. The lowest BCUT2D eigenvalue weighted by molar-refractivity contribution is -0.119. The molecule has 0 aromatic heterocycles. The van der Waals surface area contributed by atoms with Gasteiger partial charge in [-0.25, -0.2) is 0 Å². The lowest BCUT2D eigenvalue weighted by Gasteiger charge is -2.10. The summed E-state index contributed by atoms with van der Waals surface area (Å²) in [6.45, 7) is 0.662. The molecule has 4 N–H and O–H groups in total. The van der Waals surface area contributed by atoms with Crippen LogP contribution in [0.4, 0.5) is 0 Å². The molecule has 5 heteroatoms. The van der Waals surface area contributed by atoms with Crippen LogP contribution in [0.25, 0.3) is 0 Å². The van der Waals surface area contributed by atoms with Crippen LogP contribution in [0.3, 0.4) is 0 Å². The van der Waals surface area contributed by atoms with Crippen LogP contribution in [0, 0.1) is 0 Å². The fourth-order valence-electron chi connectivity index (χ4n) is 1.14. The average molecular weight is 170 g/mol. The number of aliphatic imine (C=N–C) groups is 1. The summed E-state index contributed by atoms with van der Waals surface area (Å²) in [6.07, 6.45) is 1.50. The molecule has 0 aromatic rings. The maximum atomic E-state index is 10.8. The van der Waals surface area contributed by atoms with Crippen molar-refractivity contribution >= 4 is 11.9 Å². The SMILES string of the molecule is CN=C(N)NCC1CCC(=O)N1. The number of nitrogens with two attached hydrogens (primary N) is 1. The first kappa shape index (κ1) is 8.83. The van der Waals surface area contributed by atoms with Crippen LogP contribution < -0.4 is 16.4 Å². The van der Waals surface area contributed by atoms with E-state index in [0.717, 1.165) is 6.42 Å². The Hall–Kier alpha value is -1.26. The van der Waals surface area contributed by atoms with Crippen molar-refractivity contribution in [3.8, 4) is 0 Å². The summed E-state index contributed by atoms with van der Waals surface area (Å²) in [7, 11) is 1.62. The summed E-state index contributed by atoms with van der Waals surface area (Å²) < 4.78 is 0. The number of hydrogen-bond donors (Lipinski definition) is 3. The zero-order chi connectivity index (χ0) is 8.97. The Kier molecular flexibility index (Phi) is 2.90. The maximum absolute atomic E-state index is 10.8. The second-order valence-corrected chi connectivity index (χ2v) is 2.79. The minimum Gasteiger partial charge on any atom is -0.370 e. The lowest BCUT2D eigenvalue weighted by Crippen LogP contribution is -2.41. The fourth-order valence-corrected chi connectivity index (χ4v) is 1.14. The van der Waals surface area contributed by atoms with Crippen molar-refractivity contribution < 1.29 is 4.79 Å². The number of carbonyl (C=O) groups excluding carboxylic acids is 1. The highest BCUT2D eigenvalue weighted by molar-refractivity contribution is 5.79. The fraction of sp³-hybridized carbons (Fsp3) is 0.714. The molecule has 1 aliphatic heterocycles. The highest BCUT2D eigenvalue weighted by Crippen LogP contribution is 2.04. The van der Waals surface area contributed by atoms with Gasteiger partial charge in [-0.2, -0.15) is 0 Å². The third kappa shape index (κ3) is 2.41. The van der Waals surface area contributed by atoms with Gasteiger partial charge in [0, 0.05) is 26.1 Å². The molecule has 1 amide bonds. The molecule has 0 aliphatic carbocycles. The summed E-state index contributed by atoms with van der Waals surface area (Å²) in [5.41, 5.74) is 5.41. The molecule has 1 heterocycles. The molecule has 0 saturated carbocycles. The average Bonchev–Trinajstić information content (AvgIpc) is 2.47. The quantitative estimate of drug-likeness (QED) is 0.360. The van der Waals surface area contributed by atoms with E-state index >= 15 is 0 Å². The van der Waals surface area contributed by atoms with Gasteiger partial charge in [0.25, 0.3) is 0 Å².